The molecule has 0 radical (unpaired) electrons. The van der Waals surface area contributed by atoms with E-state index in [1.54, 1.807) is 6.07 Å². The Hall–Kier alpha value is -1.38. The minimum absolute atomic E-state index is 0.0811. The van der Waals surface area contributed by atoms with Gasteiger partial charge in [0.1, 0.15) is 5.82 Å². The number of hydrogen-bond donors (Lipinski definition) is 0. The maximum atomic E-state index is 14.1. The van der Waals surface area contributed by atoms with Gasteiger partial charge in [0.05, 0.1) is 23.6 Å². The smallest absolute Gasteiger partial charge is 0.164 e. The quantitative estimate of drug-likeness (QED) is 0.706. The van der Waals surface area contributed by atoms with Gasteiger partial charge in [0.15, 0.2) is 15.0 Å². The molecule has 0 aromatic heterocycles. The highest BCUT2D eigenvalue weighted by molar-refractivity contribution is 9.10. The van der Waals surface area contributed by atoms with Crippen LogP contribution in [0.2, 0.25) is 0 Å². The van der Waals surface area contributed by atoms with Gasteiger partial charge < -0.3 is 4.90 Å². The highest BCUT2D eigenvalue weighted by Gasteiger charge is 2.47. The molecule has 2 aromatic rings. The van der Waals surface area contributed by atoms with Crippen LogP contribution >= 0.6 is 27.7 Å². The molecule has 2 aliphatic rings. The van der Waals surface area contributed by atoms with E-state index in [1.807, 2.05) is 41.3 Å². The zero-order valence-corrected chi connectivity index (χ0v) is 16.9. The first-order valence-corrected chi connectivity index (χ1v) is 11.7. The lowest BCUT2D eigenvalue weighted by atomic mass is 10.1. The fourth-order valence-electron chi connectivity index (χ4n) is 3.30. The molecule has 2 aliphatic heterocycles. The third kappa shape index (κ3) is 3.54. The third-order valence-corrected chi connectivity index (χ3v) is 7.72. The van der Waals surface area contributed by atoms with Crippen molar-refractivity contribution < 1.29 is 12.8 Å². The zero-order chi connectivity index (χ0) is 18.3. The number of halogens is 2. The molecule has 0 N–H and O–H groups in total. The molecule has 0 spiro atoms. The number of rotatable bonds is 3. The SMILES string of the molecule is O=S1(=O)C[C@H]2N=C(SCc3ccc(Br)cc3F)N(c3ccccc3)[C@H]2C1. The van der Waals surface area contributed by atoms with Crippen molar-refractivity contribution in [2.45, 2.75) is 17.8 Å². The summed E-state index contributed by atoms with van der Waals surface area (Å²) in [4.78, 5) is 6.66. The van der Waals surface area contributed by atoms with Gasteiger partial charge in [-0.1, -0.05) is 52.0 Å². The lowest BCUT2D eigenvalue weighted by molar-refractivity contribution is 0.601. The summed E-state index contributed by atoms with van der Waals surface area (Å²) in [5.41, 5.74) is 1.51. The number of nitrogens with zero attached hydrogens (tertiary/aromatic N) is 2. The molecule has 0 unspecified atom stereocenters. The first-order valence-electron chi connectivity index (χ1n) is 8.12. The number of sulfone groups is 1. The van der Waals surface area contributed by atoms with Crippen molar-refractivity contribution in [3.8, 4) is 0 Å². The van der Waals surface area contributed by atoms with E-state index in [0.717, 1.165) is 10.9 Å². The first kappa shape index (κ1) is 18.0. The second-order valence-electron chi connectivity index (χ2n) is 6.35. The summed E-state index contributed by atoms with van der Waals surface area (Å²) in [6, 6.07) is 14.2. The topological polar surface area (TPSA) is 49.7 Å². The molecular formula is C18H16BrFN2O2S2. The zero-order valence-electron chi connectivity index (χ0n) is 13.7. The minimum Gasteiger partial charge on any atom is -0.315 e. The Kier molecular flexibility index (Phi) is 4.83. The number of anilines is 1. The van der Waals surface area contributed by atoms with Gasteiger partial charge in [-0.2, -0.15) is 0 Å². The molecule has 2 atom stereocenters. The van der Waals surface area contributed by atoms with Crippen molar-refractivity contribution in [3.05, 3.63) is 64.4 Å². The Morgan fingerprint density at radius 1 is 1.19 bits per heavy atom. The number of para-hydroxylation sites is 1. The standard InChI is InChI=1S/C18H16BrFN2O2S2/c19-13-7-6-12(15(20)8-13)9-25-18-21-16-10-26(23,24)11-17(16)22(18)14-4-2-1-3-5-14/h1-8,16-17H,9-11H2/t16-,17+/m1/s1. The van der Waals surface area contributed by atoms with Crippen molar-refractivity contribution in [2.75, 3.05) is 16.4 Å². The van der Waals surface area contributed by atoms with E-state index in [0.29, 0.717) is 15.8 Å². The van der Waals surface area contributed by atoms with Crippen molar-refractivity contribution >= 4 is 48.4 Å². The van der Waals surface area contributed by atoms with Crippen LogP contribution in [0.15, 0.2) is 58.0 Å². The summed E-state index contributed by atoms with van der Waals surface area (Å²) < 4.78 is 38.9. The molecule has 2 heterocycles. The van der Waals surface area contributed by atoms with Crippen molar-refractivity contribution in [3.63, 3.8) is 0 Å². The summed E-state index contributed by atoms with van der Waals surface area (Å²) in [6.07, 6.45) is 0. The molecular weight excluding hydrogens is 439 g/mol. The summed E-state index contributed by atoms with van der Waals surface area (Å²) in [5.74, 6) is 0.359. The molecule has 4 rings (SSSR count). The van der Waals surface area contributed by atoms with Crippen LogP contribution in [0.4, 0.5) is 10.1 Å². The lowest BCUT2D eigenvalue weighted by Gasteiger charge is -2.26. The van der Waals surface area contributed by atoms with E-state index in [-0.39, 0.29) is 29.4 Å². The number of hydrogen-bond acceptors (Lipinski definition) is 5. The molecule has 0 bridgehead atoms. The predicted octanol–water partition coefficient (Wildman–Crippen LogP) is 3.86. The molecule has 2 aromatic carbocycles. The number of thioether (sulfide) groups is 1. The van der Waals surface area contributed by atoms with Crippen molar-refractivity contribution in [1.82, 2.24) is 0 Å². The Morgan fingerprint density at radius 2 is 1.96 bits per heavy atom. The van der Waals surface area contributed by atoms with E-state index in [9.17, 15) is 12.8 Å². The van der Waals surface area contributed by atoms with E-state index in [1.165, 1.54) is 17.8 Å². The summed E-state index contributed by atoms with van der Waals surface area (Å²) in [7, 11) is -3.07. The fourth-order valence-corrected chi connectivity index (χ4v) is 6.59. The average molecular weight is 455 g/mol. The molecule has 0 saturated carbocycles. The number of amidine groups is 1. The number of aliphatic imine (C=N–C) groups is 1. The number of benzene rings is 2. The second kappa shape index (κ2) is 6.98. The van der Waals surface area contributed by atoms with E-state index >= 15 is 0 Å². The molecule has 26 heavy (non-hydrogen) atoms. The maximum Gasteiger partial charge on any atom is 0.164 e. The first-order chi connectivity index (χ1) is 12.4. The fraction of sp³-hybridized carbons (Fsp3) is 0.278. The van der Waals surface area contributed by atoms with Crippen LogP contribution in [0.1, 0.15) is 5.56 Å². The molecule has 1 saturated heterocycles. The maximum absolute atomic E-state index is 14.1. The van der Waals surface area contributed by atoms with Gasteiger partial charge in [0.25, 0.3) is 0 Å². The van der Waals surface area contributed by atoms with Crippen molar-refractivity contribution in [2.24, 2.45) is 4.99 Å². The van der Waals surface area contributed by atoms with Crippen LogP contribution in [-0.4, -0.2) is 37.2 Å². The van der Waals surface area contributed by atoms with Crippen LogP contribution in [0.5, 0.6) is 0 Å². The van der Waals surface area contributed by atoms with E-state index in [4.69, 9.17) is 0 Å². The molecule has 136 valence electrons. The minimum atomic E-state index is -3.07. The van der Waals surface area contributed by atoms with Gasteiger partial charge in [-0.05, 0) is 29.8 Å². The Morgan fingerprint density at radius 3 is 2.69 bits per heavy atom. The lowest BCUT2D eigenvalue weighted by Crippen LogP contribution is -2.39. The molecule has 4 nitrogen and oxygen atoms in total. The largest absolute Gasteiger partial charge is 0.315 e. The van der Waals surface area contributed by atoms with Crippen LogP contribution in [0.25, 0.3) is 0 Å². The van der Waals surface area contributed by atoms with Crippen LogP contribution in [0, 0.1) is 5.82 Å². The van der Waals surface area contributed by atoms with Gasteiger partial charge in [-0.25, -0.2) is 12.8 Å². The second-order valence-corrected chi connectivity index (χ2v) is 10.4. The van der Waals surface area contributed by atoms with Crippen molar-refractivity contribution in [1.29, 1.82) is 0 Å². The van der Waals surface area contributed by atoms with Crippen LogP contribution < -0.4 is 4.90 Å². The summed E-state index contributed by atoms with van der Waals surface area (Å²) in [6.45, 7) is 0. The monoisotopic (exact) mass is 454 g/mol. The van der Waals surface area contributed by atoms with Gasteiger partial charge in [-0.3, -0.25) is 4.99 Å². The molecule has 1 fully saturated rings. The van der Waals surface area contributed by atoms with Gasteiger partial charge in [0.2, 0.25) is 0 Å². The van der Waals surface area contributed by atoms with Gasteiger partial charge in [-0.15, -0.1) is 0 Å². The Balaban J connectivity index is 1.61. The van der Waals surface area contributed by atoms with E-state index in [2.05, 4.69) is 20.9 Å². The van der Waals surface area contributed by atoms with Crippen LogP contribution in [0.3, 0.4) is 0 Å². The number of fused-ring (bicyclic) bond motifs is 1. The molecule has 8 heteroatoms. The van der Waals surface area contributed by atoms with Gasteiger partial charge >= 0.3 is 0 Å². The predicted molar refractivity (Wildman–Crippen MR) is 108 cm³/mol. The Bertz CT molecular complexity index is 966. The Labute approximate surface area is 164 Å². The highest BCUT2D eigenvalue weighted by Crippen LogP contribution is 2.36. The summed E-state index contributed by atoms with van der Waals surface area (Å²) >= 11 is 4.70. The molecule has 0 amide bonds. The normalized spacial score (nSPS) is 23.8. The average Bonchev–Trinajstić information content (AvgIpc) is 3.06. The molecule has 0 aliphatic carbocycles. The third-order valence-electron chi connectivity index (χ3n) is 4.51. The highest BCUT2D eigenvalue weighted by atomic mass is 79.9. The summed E-state index contributed by atoms with van der Waals surface area (Å²) in [5, 5.41) is 0.753. The van der Waals surface area contributed by atoms with Crippen LogP contribution in [-0.2, 0) is 15.6 Å². The van der Waals surface area contributed by atoms with Gasteiger partial charge in [0, 0.05) is 15.9 Å². The van der Waals surface area contributed by atoms with E-state index < -0.39 is 9.84 Å².